The fourth-order valence-electron chi connectivity index (χ4n) is 0.980. The summed E-state index contributed by atoms with van der Waals surface area (Å²) in [5.41, 5.74) is 4.03. The van der Waals surface area contributed by atoms with Crippen molar-refractivity contribution in [3.8, 4) is 0 Å². The molecule has 0 unspecified atom stereocenters. The average molecular weight is 129 g/mol. The molecule has 9 heavy (non-hydrogen) atoms. The van der Waals surface area contributed by atoms with Crippen LogP contribution in [0.5, 0.6) is 0 Å². The van der Waals surface area contributed by atoms with E-state index in [9.17, 15) is 9.90 Å². The van der Waals surface area contributed by atoms with Gasteiger partial charge in [0.2, 0.25) is 0 Å². The molecule has 0 aromatic heterocycles. The van der Waals surface area contributed by atoms with Crippen LogP contribution in [0.1, 0.15) is 19.3 Å². The zero-order valence-corrected chi connectivity index (χ0v) is 5.26. The van der Waals surface area contributed by atoms with Crippen LogP contribution < -0.4 is 5.73 Å². The molecule has 1 rings (SSSR count). The second-order valence-electron chi connectivity index (χ2n) is 2.51. The van der Waals surface area contributed by atoms with Gasteiger partial charge in [-0.3, -0.25) is 4.79 Å². The molecule has 0 aromatic rings. The Kier molecular flexibility index (Phi) is 1.55. The van der Waals surface area contributed by atoms with Crippen LogP contribution in [0.3, 0.4) is 0 Å². The van der Waals surface area contributed by atoms with Gasteiger partial charge in [-0.2, -0.15) is 0 Å². The molecule has 0 amide bonds. The highest BCUT2D eigenvalue weighted by Crippen LogP contribution is 2.31. The molecule has 52 valence electrons. The standard InChI is InChI=1S/C6H11NO2/c7-4-5(8)6(9)2-1-3-6/h9H,1-4,7H2. The highest BCUT2D eigenvalue weighted by atomic mass is 16.3. The van der Waals surface area contributed by atoms with Crippen molar-refractivity contribution in [3.05, 3.63) is 0 Å². The number of carbonyl (C=O) groups is 1. The van der Waals surface area contributed by atoms with Crippen LogP contribution in [0.15, 0.2) is 0 Å². The monoisotopic (exact) mass is 129 g/mol. The van der Waals surface area contributed by atoms with Gasteiger partial charge in [-0.1, -0.05) is 0 Å². The summed E-state index contributed by atoms with van der Waals surface area (Å²) < 4.78 is 0. The molecule has 1 aliphatic carbocycles. The summed E-state index contributed by atoms with van der Waals surface area (Å²) in [6.45, 7) is -0.0313. The average Bonchev–Trinajstić information content (AvgIpc) is 1.81. The van der Waals surface area contributed by atoms with Crippen molar-refractivity contribution in [1.29, 1.82) is 0 Å². The third kappa shape index (κ3) is 0.976. The first-order valence-corrected chi connectivity index (χ1v) is 3.15. The molecule has 0 radical (unpaired) electrons. The van der Waals surface area contributed by atoms with Gasteiger partial charge in [-0.25, -0.2) is 0 Å². The molecule has 0 atom stereocenters. The van der Waals surface area contributed by atoms with E-state index in [4.69, 9.17) is 5.73 Å². The Balaban J connectivity index is 2.49. The van der Waals surface area contributed by atoms with E-state index in [1.54, 1.807) is 0 Å². The molecular weight excluding hydrogens is 118 g/mol. The van der Waals surface area contributed by atoms with Crippen LogP contribution in [0.4, 0.5) is 0 Å². The first kappa shape index (κ1) is 6.71. The molecule has 3 N–H and O–H groups in total. The minimum atomic E-state index is -1.03. The molecule has 0 bridgehead atoms. The molecule has 0 spiro atoms. The van der Waals surface area contributed by atoms with Gasteiger partial charge in [0.1, 0.15) is 5.60 Å². The van der Waals surface area contributed by atoms with E-state index in [2.05, 4.69) is 0 Å². The minimum Gasteiger partial charge on any atom is -0.382 e. The smallest absolute Gasteiger partial charge is 0.177 e. The van der Waals surface area contributed by atoms with Crippen molar-refractivity contribution in [2.75, 3.05) is 6.54 Å². The molecule has 0 heterocycles. The molecule has 0 saturated heterocycles. The molecule has 3 nitrogen and oxygen atoms in total. The number of rotatable bonds is 2. The maximum atomic E-state index is 10.7. The maximum Gasteiger partial charge on any atom is 0.177 e. The van der Waals surface area contributed by atoms with E-state index in [-0.39, 0.29) is 12.3 Å². The van der Waals surface area contributed by atoms with Crippen molar-refractivity contribution in [2.24, 2.45) is 5.73 Å². The number of ketones is 1. The van der Waals surface area contributed by atoms with Gasteiger partial charge >= 0.3 is 0 Å². The molecule has 0 aliphatic heterocycles. The molecule has 1 aliphatic rings. The van der Waals surface area contributed by atoms with Gasteiger partial charge in [-0.15, -0.1) is 0 Å². The Morgan fingerprint density at radius 2 is 2.22 bits per heavy atom. The molecule has 3 heteroatoms. The first-order valence-electron chi connectivity index (χ1n) is 3.15. The zero-order chi connectivity index (χ0) is 6.91. The summed E-state index contributed by atoms with van der Waals surface area (Å²) in [6, 6.07) is 0. The van der Waals surface area contributed by atoms with Crippen molar-refractivity contribution < 1.29 is 9.90 Å². The third-order valence-corrected chi connectivity index (χ3v) is 1.89. The predicted octanol–water partition coefficient (Wildman–Crippen LogP) is -0.571. The second kappa shape index (κ2) is 2.08. The summed E-state index contributed by atoms with van der Waals surface area (Å²) in [5.74, 6) is -0.214. The largest absolute Gasteiger partial charge is 0.382 e. The fraction of sp³-hybridized carbons (Fsp3) is 0.833. The van der Waals surface area contributed by atoms with Crippen molar-refractivity contribution in [1.82, 2.24) is 0 Å². The fourth-order valence-corrected chi connectivity index (χ4v) is 0.980. The quantitative estimate of drug-likeness (QED) is 0.524. The summed E-state index contributed by atoms with van der Waals surface area (Å²) >= 11 is 0. The highest BCUT2D eigenvalue weighted by molar-refractivity contribution is 5.89. The minimum absolute atomic E-state index is 0.0313. The highest BCUT2D eigenvalue weighted by Gasteiger charge is 2.40. The van der Waals surface area contributed by atoms with Crippen LogP contribution in [0.2, 0.25) is 0 Å². The van der Waals surface area contributed by atoms with Gasteiger partial charge < -0.3 is 10.8 Å². The van der Waals surface area contributed by atoms with Crippen molar-refractivity contribution in [3.63, 3.8) is 0 Å². The molecule has 1 fully saturated rings. The molecule has 0 aromatic carbocycles. The second-order valence-corrected chi connectivity index (χ2v) is 2.51. The van der Waals surface area contributed by atoms with Crippen LogP contribution in [-0.2, 0) is 4.79 Å². The van der Waals surface area contributed by atoms with Gasteiger partial charge in [0.15, 0.2) is 5.78 Å². The van der Waals surface area contributed by atoms with Crippen LogP contribution >= 0.6 is 0 Å². The first-order chi connectivity index (χ1) is 4.19. The number of hydrogen-bond acceptors (Lipinski definition) is 3. The van der Waals surface area contributed by atoms with Crippen molar-refractivity contribution >= 4 is 5.78 Å². The van der Waals surface area contributed by atoms with Gasteiger partial charge in [0.25, 0.3) is 0 Å². The Labute approximate surface area is 53.9 Å². The summed E-state index contributed by atoms with van der Waals surface area (Å²) in [7, 11) is 0. The van der Waals surface area contributed by atoms with Crippen LogP contribution in [-0.4, -0.2) is 23.0 Å². The van der Waals surface area contributed by atoms with E-state index in [0.717, 1.165) is 6.42 Å². The predicted molar refractivity (Wildman–Crippen MR) is 32.9 cm³/mol. The van der Waals surface area contributed by atoms with Gasteiger partial charge in [-0.05, 0) is 19.3 Å². The van der Waals surface area contributed by atoms with E-state index >= 15 is 0 Å². The normalized spacial score (nSPS) is 22.9. The maximum absolute atomic E-state index is 10.7. The van der Waals surface area contributed by atoms with E-state index < -0.39 is 5.60 Å². The summed E-state index contributed by atoms with van der Waals surface area (Å²) in [6.07, 6.45) is 2.15. The van der Waals surface area contributed by atoms with E-state index in [0.29, 0.717) is 12.8 Å². The number of nitrogens with two attached hydrogens (primary N) is 1. The zero-order valence-electron chi connectivity index (χ0n) is 5.26. The SMILES string of the molecule is NCC(=O)C1(O)CCC1. The topological polar surface area (TPSA) is 63.3 Å². The Morgan fingerprint density at radius 1 is 1.67 bits per heavy atom. The lowest BCUT2D eigenvalue weighted by atomic mass is 9.77. The van der Waals surface area contributed by atoms with Crippen LogP contribution in [0.25, 0.3) is 0 Å². The summed E-state index contributed by atoms with van der Waals surface area (Å²) in [5, 5.41) is 9.25. The lowest BCUT2D eigenvalue weighted by Gasteiger charge is -2.34. The Bertz CT molecular complexity index is 129. The Hall–Kier alpha value is -0.410. The molecular formula is C6H11NO2. The van der Waals surface area contributed by atoms with Crippen LogP contribution in [0, 0.1) is 0 Å². The molecule has 1 saturated carbocycles. The number of Topliss-reactive ketones (excluding diaryl/α,β-unsaturated/α-hetero) is 1. The lowest BCUT2D eigenvalue weighted by Crippen LogP contribution is -2.48. The van der Waals surface area contributed by atoms with Gasteiger partial charge in [0.05, 0.1) is 6.54 Å². The van der Waals surface area contributed by atoms with E-state index in [1.807, 2.05) is 0 Å². The number of carbonyl (C=O) groups excluding carboxylic acids is 1. The number of aliphatic hydroxyl groups is 1. The van der Waals surface area contributed by atoms with Crippen molar-refractivity contribution in [2.45, 2.75) is 24.9 Å². The Morgan fingerprint density at radius 3 is 2.33 bits per heavy atom. The van der Waals surface area contributed by atoms with Gasteiger partial charge in [0, 0.05) is 0 Å². The van der Waals surface area contributed by atoms with E-state index in [1.165, 1.54) is 0 Å². The lowest BCUT2D eigenvalue weighted by molar-refractivity contribution is -0.144. The third-order valence-electron chi connectivity index (χ3n) is 1.89. The summed E-state index contributed by atoms with van der Waals surface area (Å²) in [4.78, 5) is 10.7. The number of hydrogen-bond donors (Lipinski definition) is 2.